The van der Waals surface area contributed by atoms with Crippen LogP contribution in [0.15, 0.2) is 0 Å². The second-order valence-corrected chi connectivity index (χ2v) is 3.47. The molecule has 3 nitrogen and oxygen atoms in total. The van der Waals surface area contributed by atoms with Crippen molar-refractivity contribution in [2.24, 2.45) is 5.92 Å². The molecule has 3 heteroatoms. The highest BCUT2D eigenvalue weighted by Crippen LogP contribution is 2.06. The minimum absolute atomic E-state index is 0.135. The lowest BCUT2D eigenvalue weighted by atomic mass is 10.2. The molecule has 0 amide bonds. The largest absolute Gasteiger partial charge is 0.376 e. The fraction of sp³-hybridized carbons (Fsp3) is 0.889. The lowest BCUT2D eigenvalue weighted by Gasteiger charge is -2.31. The lowest BCUT2D eigenvalue weighted by Crippen LogP contribution is -2.42. The normalized spacial score (nSPS) is 27.9. The van der Waals surface area contributed by atoms with Crippen molar-refractivity contribution in [2.45, 2.75) is 20.0 Å². The third-order valence-electron chi connectivity index (χ3n) is 2.08. The van der Waals surface area contributed by atoms with Crippen LogP contribution in [0.3, 0.4) is 0 Å². The molecule has 0 aromatic carbocycles. The summed E-state index contributed by atoms with van der Waals surface area (Å²) in [5, 5.41) is 8.62. The van der Waals surface area contributed by atoms with Crippen LogP contribution in [0, 0.1) is 17.2 Å². The molecule has 1 aliphatic heterocycles. The summed E-state index contributed by atoms with van der Waals surface area (Å²) in [6.07, 6.45) is 0.324. The van der Waals surface area contributed by atoms with Crippen molar-refractivity contribution in [2.75, 3.05) is 26.2 Å². The fourth-order valence-electron chi connectivity index (χ4n) is 1.48. The van der Waals surface area contributed by atoms with E-state index in [0.717, 1.165) is 26.2 Å². The molecular formula is C9H16N2O. The average Bonchev–Trinajstić information content (AvgIpc) is 2.04. The minimum atomic E-state index is 0.135. The zero-order valence-electron chi connectivity index (χ0n) is 7.79. The van der Waals surface area contributed by atoms with Gasteiger partial charge in [0, 0.05) is 19.6 Å². The van der Waals surface area contributed by atoms with E-state index in [4.69, 9.17) is 10.00 Å². The number of nitrogens with zero attached hydrogens (tertiary/aromatic N) is 2. The average molecular weight is 168 g/mol. The van der Waals surface area contributed by atoms with E-state index in [1.807, 2.05) is 6.92 Å². The van der Waals surface area contributed by atoms with Gasteiger partial charge in [-0.05, 0) is 13.8 Å². The van der Waals surface area contributed by atoms with Crippen LogP contribution < -0.4 is 0 Å². The molecule has 1 saturated heterocycles. The fourth-order valence-corrected chi connectivity index (χ4v) is 1.48. The monoisotopic (exact) mass is 168 g/mol. The van der Waals surface area contributed by atoms with Crippen molar-refractivity contribution in [3.8, 4) is 6.07 Å². The third kappa shape index (κ3) is 2.80. The highest BCUT2D eigenvalue weighted by Gasteiger charge is 2.17. The Labute approximate surface area is 73.9 Å². The van der Waals surface area contributed by atoms with E-state index in [1.165, 1.54) is 0 Å². The summed E-state index contributed by atoms with van der Waals surface area (Å²) in [6, 6.07) is 2.24. The summed E-state index contributed by atoms with van der Waals surface area (Å²) < 4.78 is 5.40. The van der Waals surface area contributed by atoms with E-state index in [2.05, 4.69) is 17.9 Å². The van der Waals surface area contributed by atoms with Crippen LogP contribution in [0.1, 0.15) is 13.8 Å². The van der Waals surface area contributed by atoms with Gasteiger partial charge in [0.2, 0.25) is 0 Å². The van der Waals surface area contributed by atoms with Gasteiger partial charge in [-0.15, -0.1) is 0 Å². The van der Waals surface area contributed by atoms with Gasteiger partial charge in [0.05, 0.1) is 24.7 Å². The van der Waals surface area contributed by atoms with Crippen molar-refractivity contribution in [1.82, 2.24) is 4.90 Å². The SMILES string of the molecule is CC(C#N)CN1CCOC(C)C1. The van der Waals surface area contributed by atoms with Gasteiger partial charge in [0.15, 0.2) is 0 Å². The highest BCUT2D eigenvalue weighted by molar-refractivity contribution is 4.82. The first-order valence-corrected chi connectivity index (χ1v) is 4.46. The van der Waals surface area contributed by atoms with E-state index >= 15 is 0 Å². The quantitative estimate of drug-likeness (QED) is 0.613. The Balaban J connectivity index is 2.28. The van der Waals surface area contributed by atoms with Gasteiger partial charge in [-0.25, -0.2) is 0 Å². The molecule has 12 heavy (non-hydrogen) atoms. The second kappa shape index (κ2) is 4.44. The number of ether oxygens (including phenoxy) is 1. The molecule has 1 rings (SSSR count). The Morgan fingerprint density at radius 1 is 1.75 bits per heavy atom. The van der Waals surface area contributed by atoms with Crippen LogP contribution in [0.4, 0.5) is 0 Å². The molecule has 0 aromatic rings. The number of morpholine rings is 1. The Bertz CT molecular complexity index is 176. The van der Waals surface area contributed by atoms with E-state index in [9.17, 15) is 0 Å². The summed E-state index contributed by atoms with van der Waals surface area (Å²) >= 11 is 0. The summed E-state index contributed by atoms with van der Waals surface area (Å²) in [6.45, 7) is 7.65. The predicted octanol–water partition coefficient (Wildman–Crippen LogP) is 0.867. The third-order valence-corrected chi connectivity index (χ3v) is 2.08. The number of hydrogen-bond acceptors (Lipinski definition) is 3. The van der Waals surface area contributed by atoms with Gasteiger partial charge in [-0.2, -0.15) is 5.26 Å². The summed E-state index contributed by atoms with van der Waals surface area (Å²) in [5.41, 5.74) is 0. The van der Waals surface area contributed by atoms with E-state index in [0.29, 0.717) is 6.10 Å². The lowest BCUT2D eigenvalue weighted by molar-refractivity contribution is -0.0204. The molecular weight excluding hydrogens is 152 g/mol. The maximum atomic E-state index is 8.62. The van der Waals surface area contributed by atoms with E-state index in [-0.39, 0.29) is 5.92 Å². The summed E-state index contributed by atoms with van der Waals surface area (Å²) in [5.74, 6) is 0.135. The molecule has 1 fully saturated rings. The standard InChI is InChI=1S/C9H16N2O/c1-8(5-10)6-11-3-4-12-9(2)7-11/h8-9H,3-4,6-7H2,1-2H3. The smallest absolute Gasteiger partial charge is 0.0674 e. The molecule has 2 atom stereocenters. The number of hydrogen-bond donors (Lipinski definition) is 0. The molecule has 0 radical (unpaired) electrons. The van der Waals surface area contributed by atoms with Crippen molar-refractivity contribution in [3.63, 3.8) is 0 Å². The first-order chi connectivity index (χ1) is 5.72. The first-order valence-electron chi connectivity index (χ1n) is 4.46. The molecule has 0 aliphatic carbocycles. The van der Waals surface area contributed by atoms with Gasteiger partial charge in [0.25, 0.3) is 0 Å². The summed E-state index contributed by atoms with van der Waals surface area (Å²) in [7, 11) is 0. The molecule has 0 N–H and O–H groups in total. The molecule has 2 unspecified atom stereocenters. The molecule has 0 aromatic heterocycles. The molecule has 68 valence electrons. The molecule has 1 aliphatic rings. The Morgan fingerprint density at radius 3 is 3.08 bits per heavy atom. The molecule has 1 heterocycles. The van der Waals surface area contributed by atoms with Gasteiger partial charge in [-0.3, -0.25) is 4.90 Å². The Hall–Kier alpha value is -0.590. The topological polar surface area (TPSA) is 36.3 Å². The zero-order chi connectivity index (χ0) is 8.97. The van der Waals surface area contributed by atoms with Crippen molar-refractivity contribution >= 4 is 0 Å². The van der Waals surface area contributed by atoms with Crippen LogP contribution in [-0.2, 0) is 4.74 Å². The number of nitriles is 1. The van der Waals surface area contributed by atoms with Gasteiger partial charge in [-0.1, -0.05) is 0 Å². The predicted molar refractivity (Wildman–Crippen MR) is 46.6 cm³/mol. The van der Waals surface area contributed by atoms with Crippen molar-refractivity contribution in [3.05, 3.63) is 0 Å². The number of rotatable bonds is 2. The van der Waals surface area contributed by atoms with Gasteiger partial charge >= 0.3 is 0 Å². The second-order valence-electron chi connectivity index (χ2n) is 3.47. The van der Waals surface area contributed by atoms with E-state index < -0.39 is 0 Å². The van der Waals surface area contributed by atoms with Crippen molar-refractivity contribution in [1.29, 1.82) is 5.26 Å². The summed E-state index contributed by atoms with van der Waals surface area (Å²) in [4.78, 5) is 2.29. The van der Waals surface area contributed by atoms with Crippen LogP contribution in [0.2, 0.25) is 0 Å². The van der Waals surface area contributed by atoms with Crippen LogP contribution >= 0.6 is 0 Å². The highest BCUT2D eigenvalue weighted by atomic mass is 16.5. The first kappa shape index (κ1) is 9.50. The maximum absolute atomic E-state index is 8.62. The van der Waals surface area contributed by atoms with Crippen LogP contribution in [-0.4, -0.2) is 37.2 Å². The minimum Gasteiger partial charge on any atom is -0.376 e. The van der Waals surface area contributed by atoms with Crippen LogP contribution in [0.5, 0.6) is 0 Å². The zero-order valence-corrected chi connectivity index (χ0v) is 7.79. The van der Waals surface area contributed by atoms with E-state index in [1.54, 1.807) is 0 Å². The molecule has 0 saturated carbocycles. The van der Waals surface area contributed by atoms with Gasteiger partial charge < -0.3 is 4.74 Å². The van der Waals surface area contributed by atoms with Crippen molar-refractivity contribution < 1.29 is 4.74 Å². The maximum Gasteiger partial charge on any atom is 0.0674 e. The van der Waals surface area contributed by atoms with Crippen LogP contribution in [0.25, 0.3) is 0 Å². The molecule has 0 spiro atoms. The molecule has 0 bridgehead atoms. The Kier molecular flexibility index (Phi) is 3.51. The Morgan fingerprint density at radius 2 is 2.50 bits per heavy atom. The van der Waals surface area contributed by atoms with Gasteiger partial charge in [0.1, 0.15) is 0 Å².